The number of ether oxygens (including phenoxy) is 1. The third-order valence-corrected chi connectivity index (χ3v) is 3.96. The van der Waals surface area contributed by atoms with Gasteiger partial charge in [0.2, 0.25) is 5.91 Å². The molecule has 0 radical (unpaired) electrons. The van der Waals surface area contributed by atoms with Crippen LogP contribution in [0, 0.1) is 0 Å². The molecule has 0 atom stereocenters. The van der Waals surface area contributed by atoms with Gasteiger partial charge in [0, 0.05) is 29.8 Å². The zero-order chi connectivity index (χ0) is 15.8. The SMILES string of the molecule is COc1ccc(NC(=O)CCSCc2ccccn2)cc1N.Cl.Cl. The minimum absolute atomic E-state index is 0. The second-order valence-electron chi connectivity index (χ2n) is 4.63. The Morgan fingerprint density at radius 1 is 1.29 bits per heavy atom. The molecule has 0 saturated heterocycles. The molecule has 5 nitrogen and oxygen atoms in total. The van der Waals surface area contributed by atoms with Crippen LogP contribution < -0.4 is 15.8 Å². The highest BCUT2D eigenvalue weighted by Crippen LogP contribution is 2.24. The molecule has 0 bridgehead atoms. The smallest absolute Gasteiger partial charge is 0.225 e. The van der Waals surface area contributed by atoms with E-state index in [0.29, 0.717) is 23.5 Å². The van der Waals surface area contributed by atoms with Gasteiger partial charge in [0.05, 0.1) is 18.5 Å². The maximum absolute atomic E-state index is 11.9. The fraction of sp³-hybridized carbons (Fsp3) is 0.250. The van der Waals surface area contributed by atoms with E-state index in [9.17, 15) is 4.79 Å². The number of anilines is 2. The number of amides is 1. The number of pyridine rings is 1. The molecule has 24 heavy (non-hydrogen) atoms. The third-order valence-electron chi connectivity index (χ3n) is 2.96. The van der Waals surface area contributed by atoms with E-state index in [0.717, 1.165) is 17.2 Å². The van der Waals surface area contributed by atoms with Crippen LogP contribution in [0.25, 0.3) is 0 Å². The number of benzene rings is 1. The zero-order valence-corrected chi connectivity index (χ0v) is 15.7. The predicted octanol–water partition coefficient (Wildman–Crippen LogP) is 3.78. The highest BCUT2D eigenvalue weighted by molar-refractivity contribution is 7.98. The van der Waals surface area contributed by atoms with Crippen molar-refractivity contribution in [1.29, 1.82) is 0 Å². The van der Waals surface area contributed by atoms with Gasteiger partial charge in [0.25, 0.3) is 0 Å². The fourth-order valence-corrected chi connectivity index (χ4v) is 2.71. The van der Waals surface area contributed by atoms with Gasteiger partial charge in [-0.2, -0.15) is 11.8 Å². The van der Waals surface area contributed by atoms with Crippen molar-refractivity contribution in [1.82, 2.24) is 4.98 Å². The van der Waals surface area contributed by atoms with E-state index >= 15 is 0 Å². The first-order valence-electron chi connectivity index (χ1n) is 6.90. The van der Waals surface area contributed by atoms with Crippen molar-refractivity contribution < 1.29 is 9.53 Å². The number of nitrogens with one attached hydrogen (secondary N) is 1. The maximum atomic E-state index is 11.9. The summed E-state index contributed by atoms with van der Waals surface area (Å²) in [6, 6.07) is 11.0. The van der Waals surface area contributed by atoms with Crippen molar-refractivity contribution >= 4 is 53.9 Å². The van der Waals surface area contributed by atoms with Gasteiger partial charge in [0.1, 0.15) is 5.75 Å². The number of rotatable bonds is 7. The van der Waals surface area contributed by atoms with Crippen LogP contribution in [0.1, 0.15) is 12.1 Å². The number of carbonyl (C=O) groups excluding carboxylic acids is 1. The molecule has 2 rings (SSSR count). The number of halogens is 2. The lowest BCUT2D eigenvalue weighted by Crippen LogP contribution is -2.12. The minimum Gasteiger partial charge on any atom is -0.495 e. The molecule has 0 spiro atoms. The number of hydrogen-bond donors (Lipinski definition) is 2. The topological polar surface area (TPSA) is 77.2 Å². The Bertz CT molecular complexity index is 630. The highest BCUT2D eigenvalue weighted by atomic mass is 35.5. The van der Waals surface area contributed by atoms with Gasteiger partial charge in [-0.15, -0.1) is 24.8 Å². The molecular formula is C16H21Cl2N3O2S. The van der Waals surface area contributed by atoms with Crippen molar-refractivity contribution in [3.8, 4) is 5.75 Å². The maximum Gasteiger partial charge on any atom is 0.225 e. The average Bonchev–Trinajstić information content (AvgIpc) is 2.53. The summed E-state index contributed by atoms with van der Waals surface area (Å²) in [7, 11) is 1.56. The summed E-state index contributed by atoms with van der Waals surface area (Å²) >= 11 is 1.69. The lowest BCUT2D eigenvalue weighted by atomic mass is 10.2. The summed E-state index contributed by atoms with van der Waals surface area (Å²) in [5.74, 6) is 2.12. The summed E-state index contributed by atoms with van der Waals surface area (Å²) in [5.41, 5.74) is 8.01. The Balaban J connectivity index is 0.00000264. The second-order valence-corrected chi connectivity index (χ2v) is 5.73. The fourth-order valence-electron chi connectivity index (χ4n) is 1.86. The van der Waals surface area contributed by atoms with E-state index in [4.69, 9.17) is 10.5 Å². The number of nitrogens with two attached hydrogens (primary N) is 1. The van der Waals surface area contributed by atoms with Crippen molar-refractivity contribution in [2.75, 3.05) is 23.9 Å². The molecule has 3 N–H and O–H groups in total. The molecule has 1 aromatic heterocycles. The molecule has 0 fully saturated rings. The number of thioether (sulfide) groups is 1. The van der Waals surface area contributed by atoms with E-state index in [2.05, 4.69) is 10.3 Å². The van der Waals surface area contributed by atoms with Crippen LogP contribution >= 0.6 is 36.6 Å². The number of hydrogen-bond acceptors (Lipinski definition) is 5. The largest absolute Gasteiger partial charge is 0.495 e. The molecule has 0 aliphatic carbocycles. The third kappa shape index (κ3) is 7.29. The number of aromatic nitrogens is 1. The highest BCUT2D eigenvalue weighted by Gasteiger charge is 2.05. The van der Waals surface area contributed by atoms with Crippen LogP contribution in [-0.2, 0) is 10.5 Å². The van der Waals surface area contributed by atoms with Crippen LogP contribution in [0.3, 0.4) is 0 Å². The van der Waals surface area contributed by atoms with Crippen LogP contribution in [-0.4, -0.2) is 23.8 Å². The Labute approximate surface area is 158 Å². The predicted molar refractivity (Wildman–Crippen MR) is 106 cm³/mol. The van der Waals surface area contributed by atoms with Crippen molar-refractivity contribution in [2.24, 2.45) is 0 Å². The lowest BCUT2D eigenvalue weighted by Gasteiger charge is -2.08. The van der Waals surface area contributed by atoms with Gasteiger partial charge in [-0.3, -0.25) is 9.78 Å². The number of nitrogen functional groups attached to an aromatic ring is 1. The van der Waals surface area contributed by atoms with E-state index < -0.39 is 0 Å². The minimum atomic E-state index is -0.0295. The Hall–Kier alpha value is -1.63. The quantitative estimate of drug-likeness (QED) is 0.556. The van der Waals surface area contributed by atoms with E-state index in [1.54, 1.807) is 43.3 Å². The number of methoxy groups -OCH3 is 1. The van der Waals surface area contributed by atoms with Crippen molar-refractivity contribution in [3.05, 3.63) is 48.3 Å². The van der Waals surface area contributed by atoms with Crippen LogP contribution in [0.15, 0.2) is 42.6 Å². The Kier molecular flexibility index (Phi) is 11.0. The monoisotopic (exact) mass is 389 g/mol. The second kappa shape index (κ2) is 11.8. The van der Waals surface area contributed by atoms with Crippen molar-refractivity contribution in [3.63, 3.8) is 0 Å². The molecule has 2 aromatic rings. The number of carbonyl (C=O) groups is 1. The Morgan fingerprint density at radius 2 is 2.08 bits per heavy atom. The van der Waals surface area contributed by atoms with E-state index in [-0.39, 0.29) is 30.7 Å². The molecule has 1 heterocycles. The standard InChI is InChI=1S/C16H19N3O2S.2ClH/c1-21-15-6-5-12(10-14(15)17)19-16(20)7-9-22-11-13-4-2-3-8-18-13;;/h2-6,8,10H,7,9,11,17H2,1H3,(H,19,20);2*1H. The summed E-state index contributed by atoms with van der Waals surface area (Å²) in [4.78, 5) is 16.1. The van der Waals surface area contributed by atoms with Gasteiger partial charge in [-0.05, 0) is 30.3 Å². The normalized spacial score (nSPS) is 9.38. The zero-order valence-electron chi connectivity index (χ0n) is 13.2. The molecule has 0 unspecified atom stereocenters. The Morgan fingerprint density at radius 3 is 2.71 bits per heavy atom. The average molecular weight is 390 g/mol. The first-order chi connectivity index (χ1) is 10.7. The number of nitrogens with zero attached hydrogens (tertiary/aromatic N) is 1. The molecule has 1 amide bonds. The van der Waals surface area contributed by atoms with Gasteiger partial charge >= 0.3 is 0 Å². The molecule has 1 aromatic carbocycles. The molecule has 0 aliphatic heterocycles. The molecule has 8 heteroatoms. The molecular weight excluding hydrogens is 369 g/mol. The van der Waals surface area contributed by atoms with Gasteiger partial charge in [-0.25, -0.2) is 0 Å². The van der Waals surface area contributed by atoms with E-state index in [1.165, 1.54) is 0 Å². The van der Waals surface area contributed by atoms with Gasteiger partial charge in [0.15, 0.2) is 0 Å². The summed E-state index contributed by atoms with van der Waals surface area (Å²) in [6.07, 6.45) is 2.22. The van der Waals surface area contributed by atoms with Crippen LogP contribution in [0.4, 0.5) is 11.4 Å². The summed E-state index contributed by atoms with van der Waals surface area (Å²) in [6.45, 7) is 0. The van der Waals surface area contributed by atoms with Crippen LogP contribution in [0.5, 0.6) is 5.75 Å². The van der Waals surface area contributed by atoms with Crippen molar-refractivity contribution in [2.45, 2.75) is 12.2 Å². The van der Waals surface area contributed by atoms with Gasteiger partial charge in [-0.1, -0.05) is 6.07 Å². The first kappa shape index (κ1) is 22.4. The first-order valence-corrected chi connectivity index (χ1v) is 8.05. The van der Waals surface area contributed by atoms with E-state index in [1.807, 2.05) is 18.2 Å². The van der Waals surface area contributed by atoms with Gasteiger partial charge < -0.3 is 15.8 Å². The summed E-state index contributed by atoms with van der Waals surface area (Å²) < 4.78 is 5.08. The molecule has 132 valence electrons. The molecule has 0 saturated carbocycles. The van der Waals surface area contributed by atoms with Crippen LogP contribution in [0.2, 0.25) is 0 Å². The summed E-state index contributed by atoms with van der Waals surface area (Å²) in [5, 5.41) is 2.83. The molecule has 0 aliphatic rings. The lowest BCUT2D eigenvalue weighted by molar-refractivity contribution is -0.115.